The third-order valence-corrected chi connectivity index (χ3v) is 4.23. The number of aliphatic hydroxyl groups excluding tert-OH is 1. The van der Waals surface area contributed by atoms with E-state index < -0.39 is 6.10 Å². The molecular weight excluding hydrogens is 296 g/mol. The van der Waals surface area contributed by atoms with Crippen LogP contribution in [0.5, 0.6) is 0 Å². The average Bonchev–Trinajstić information content (AvgIpc) is 3.02. The molecule has 1 unspecified atom stereocenters. The Morgan fingerprint density at radius 1 is 0.792 bits per heavy atom. The van der Waals surface area contributed by atoms with Crippen molar-refractivity contribution < 1.29 is 5.11 Å². The maximum Gasteiger partial charge on any atom is 0.141 e. The monoisotopic (exact) mass is 314 g/mol. The third-order valence-electron chi connectivity index (χ3n) is 4.23. The summed E-state index contributed by atoms with van der Waals surface area (Å²) < 4.78 is 2.10. The summed E-state index contributed by atoms with van der Waals surface area (Å²) in [6.07, 6.45) is -0.578. The van der Waals surface area contributed by atoms with Crippen LogP contribution in [0.3, 0.4) is 0 Å². The van der Waals surface area contributed by atoms with Gasteiger partial charge in [-0.25, -0.2) is 4.98 Å². The van der Waals surface area contributed by atoms with E-state index in [1.807, 2.05) is 84.9 Å². The minimum absolute atomic E-state index is 0.467. The first-order chi connectivity index (χ1) is 11.8. The van der Waals surface area contributed by atoms with Crippen molar-refractivity contribution in [1.29, 1.82) is 0 Å². The van der Waals surface area contributed by atoms with Crippen LogP contribution in [-0.4, -0.2) is 14.7 Å². The smallest absolute Gasteiger partial charge is 0.141 e. The fourth-order valence-electron chi connectivity index (χ4n) is 3.02. The Balaban J connectivity index is 1.81. The molecule has 0 spiro atoms. The first-order valence-electron chi connectivity index (χ1n) is 8.06. The third kappa shape index (κ3) is 2.70. The molecule has 118 valence electrons. The molecule has 0 saturated heterocycles. The molecule has 3 heteroatoms. The van der Waals surface area contributed by atoms with Gasteiger partial charge < -0.3 is 9.67 Å². The minimum atomic E-state index is -0.578. The van der Waals surface area contributed by atoms with Crippen molar-refractivity contribution in [2.24, 2.45) is 0 Å². The lowest BCUT2D eigenvalue weighted by Gasteiger charge is -2.15. The number of hydrogen-bond donors (Lipinski definition) is 1. The van der Waals surface area contributed by atoms with Crippen LogP contribution in [0.15, 0.2) is 84.9 Å². The number of hydrogen-bond acceptors (Lipinski definition) is 2. The van der Waals surface area contributed by atoms with Gasteiger partial charge in [0.1, 0.15) is 5.82 Å². The lowest BCUT2D eigenvalue weighted by Crippen LogP contribution is -2.10. The number of imidazole rings is 1. The van der Waals surface area contributed by atoms with Gasteiger partial charge in [0.2, 0.25) is 0 Å². The largest absolute Gasteiger partial charge is 0.387 e. The van der Waals surface area contributed by atoms with Crippen molar-refractivity contribution in [1.82, 2.24) is 9.55 Å². The summed E-state index contributed by atoms with van der Waals surface area (Å²) in [7, 11) is 0. The predicted molar refractivity (Wildman–Crippen MR) is 96.6 cm³/mol. The second-order valence-electron chi connectivity index (χ2n) is 5.83. The quantitative estimate of drug-likeness (QED) is 0.605. The number of nitrogens with zero attached hydrogens (tertiary/aromatic N) is 2. The zero-order chi connectivity index (χ0) is 16.4. The molecule has 0 radical (unpaired) electrons. The van der Waals surface area contributed by atoms with Crippen molar-refractivity contribution in [3.8, 4) is 11.4 Å². The second-order valence-corrected chi connectivity index (χ2v) is 5.83. The van der Waals surface area contributed by atoms with E-state index in [4.69, 9.17) is 4.98 Å². The van der Waals surface area contributed by atoms with Crippen LogP contribution in [0.4, 0.5) is 0 Å². The maximum absolute atomic E-state index is 10.7. The van der Waals surface area contributed by atoms with Crippen molar-refractivity contribution in [3.05, 3.63) is 90.5 Å². The van der Waals surface area contributed by atoms with Crippen LogP contribution in [0, 0.1) is 0 Å². The van der Waals surface area contributed by atoms with Gasteiger partial charge in [0.15, 0.2) is 0 Å². The van der Waals surface area contributed by atoms with Gasteiger partial charge >= 0.3 is 0 Å². The molecule has 3 aromatic carbocycles. The molecule has 0 amide bonds. The zero-order valence-electron chi connectivity index (χ0n) is 13.2. The van der Waals surface area contributed by atoms with Crippen LogP contribution in [0.25, 0.3) is 22.4 Å². The summed E-state index contributed by atoms with van der Waals surface area (Å²) >= 11 is 0. The highest BCUT2D eigenvalue weighted by atomic mass is 16.3. The minimum Gasteiger partial charge on any atom is -0.387 e. The Bertz CT molecular complexity index is 945. The van der Waals surface area contributed by atoms with Gasteiger partial charge in [0, 0.05) is 5.56 Å². The number of para-hydroxylation sites is 2. The summed E-state index contributed by atoms with van der Waals surface area (Å²) in [5.74, 6) is 0.881. The number of benzene rings is 3. The van der Waals surface area contributed by atoms with Crippen molar-refractivity contribution in [2.75, 3.05) is 0 Å². The first kappa shape index (κ1) is 14.7. The molecular formula is C21H18N2O. The lowest BCUT2D eigenvalue weighted by molar-refractivity contribution is 0.158. The van der Waals surface area contributed by atoms with Crippen LogP contribution >= 0.6 is 0 Å². The average molecular weight is 314 g/mol. The van der Waals surface area contributed by atoms with E-state index in [1.54, 1.807) is 0 Å². The lowest BCUT2D eigenvalue weighted by atomic mass is 10.1. The molecule has 4 rings (SSSR count). The Morgan fingerprint density at radius 3 is 2.17 bits per heavy atom. The van der Waals surface area contributed by atoms with Gasteiger partial charge in [-0.1, -0.05) is 72.8 Å². The van der Waals surface area contributed by atoms with Crippen molar-refractivity contribution in [3.63, 3.8) is 0 Å². The van der Waals surface area contributed by atoms with E-state index in [1.165, 1.54) is 0 Å². The summed E-state index contributed by atoms with van der Waals surface area (Å²) in [5.41, 5.74) is 3.94. The first-order valence-corrected chi connectivity index (χ1v) is 8.06. The van der Waals surface area contributed by atoms with Crippen molar-refractivity contribution >= 4 is 11.0 Å². The van der Waals surface area contributed by atoms with Crippen LogP contribution in [-0.2, 0) is 6.54 Å². The van der Waals surface area contributed by atoms with Gasteiger partial charge in [-0.3, -0.25) is 0 Å². The van der Waals surface area contributed by atoms with Gasteiger partial charge in [0.05, 0.1) is 23.7 Å². The molecule has 1 heterocycles. The molecule has 0 fully saturated rings. The molecule has 0 aliphatic rings. The van der Waals surface area contributed by atoms with E-state index >= 15 is 0 Å². The van der Waals surface area contributed by atoms with E-state index in [-0.39, 0.29) is 0 Å². The topological polar surface area (TPSA) is 38.0 Å². The van der Waals surface area contributed by atoms with E-state index in [9.17, 15) is 5.11 Å². The molecule has 0 aliphatic heterocycles. The van der Waals surface area contributed by atoms with Crippen LogP contribution in [0.2, 0.25) is 0 Å². The van der Waals surface area contributed by atoms with Gasteiger partial charge in [-0.2, -0.15) is 0 Å². The highest BCUT2D eigenvalue weighted by molar-refractivity contribution is 5.80. The standard InChI is InChI=1S/C21H18N2O/c24-20(16-9-3-1-4-10-16)15-23-19-14-8-7-13-18(19)22-21(23)17-11-5-2-6-12-17/h1-14,20,24H,15H2. The molecule has 24 heavy (non-hydrogen) atoms. The Kier molecular flexibility index (Phi) is 3.85. The Labute approximate surface area is 140 Å². The fraction of sp³-hybridized carbons (Fsp3) is 0.0952. The van der Waals surface area contributed by atoms with E-state index in [0.717, 1.165) is 28.0 Å². The molecule has 0 bridgehead atoms. The van der Waals surface area contributed by atoms with Gasteiger partial charge in [0.25, 0.3) is 0 Å². The SMILES string of the molecule is OC(Cn1c(-c2ccccc2)nc2ccccc21)c1ccccc1. The molecule has 3 nitrogen and oxygen atoms in total. The normalized spacial score (nSPS) is 12.4. The van der Waals surface area contributed by atoms with Gasteiger partial charge in [-0.15, -0.1) is 0 Å². The Morgan fingerprint density at radius 2 is 1.42 bits per heavy atom. The maximum atomic E-state index is 10.7. The molecule has 1 N–H and O–H groups in total. The Hall–Kier alpha value is -2.91. The van der Waals surface area contributed by atoms with Crippen LogP contribution < -0.4 is 0 Å². The summed E-state index contributed by atoms with van der Waals surface area (Å²) in [6.45, 7) is 0.467. The van der Waals surface area contributed by atoms with E-state index in [0.29, 0.717) is 6.54 Å². The highest BCUT2D eigenvalue weighted by Crippen LogP contribution is 2.27. The summed E-state index contributed by atoms with van der Waals surface area (Å²) in [6, 6.07) is 27.9. The van der Waals surface area contributed by atoms with Gasteiger partial charge in [-0.05, 0) is 17.7 Å². The second kappa shape index (κ2) is 6.30. The highest BCUT2D eigenvalue weighted by Gasteiger charge is 2.16. The predicted octanol–water partition coefficient (Wildman–Crippen LogP) is 4.44. The molecule has 0 aliphatic carbocycles. The fourth-order valence-corrected chi connectivity index (χ4v) is 3.02. The zero-order valence-corrected chi connectivity index (χ0v) is 13.2. The number of aromatic nitrogens is 2. The number of aliphatic hydroxyl groups is 1. The number of rotatable bonds is 4. The van der Waals surface area contributed by atoms with E-state index in [2.05, 4.69) is 4.57 Å². The molecule has 4 aromatic rings. The molecule has 1 aromatic heterocycles. The van der Waals surface area contributed by atoms with Crippen LogP contribution in [0.1, 0.15) is 11.7 Å². The summed E-state index contributed by atoms with van der Waals surface area (Å²) in [4.78, 5) is 4.78. The molecule has 1 atom stereocenters. The van der Waals surface area contributed by atoms with Crippen molar-refractivity contribution in [2.45, 2.75) is 12.6 Å². The summed E-state index contributed by atoms with van der Waals surface area (Å²) in [5, 5.41) is 10.7. The number of fused-ring (bicyclic) bond motifs is 1. The molecule has 0 saturated carbocycles.